The van der Waals surface area contributed by atoms with Gasteiger partial charge in [-0.3, -0.25) is 25.2 Å². The summed E-state index contributed by atoms with van der Waals surface area (Å²) < 4.78 is 5.06. The molecule has 0 unspecified atom stereocenters. The molecule has 0 fully saturated rings. The van der Waals surface area contributed by atoms with E-state index in [0.717, 1.165) is 22.4 Å². The average molecular weight is 395 g/mol. The number of anilines is 1. The maximum Gasteiger partial charge on any atom is 0.262 e. The molecule has 2 aromatic carbocycles. The Morgan fingerprint density at radius 2 is 1.59 bits per heavy atom. The van der Waals surface area contributed by atoms with Crippen LogP contribution in [0.15, 0.2) is 48.5 Å². The Kier molecular flexibility index (Phi) is 7.97. The van der Waals surface area contributed by atoms with Crippen molar-refractivity contribution in [1.29, 1.82) is 0 Å². The van der Waals surface area contributed by atoms with E-state index < -0.39 is 11.8 Å². The zero-order valence-corrected chi connectivity index (χ0v) is 16.7. The summed E-state index contributed by atoms with van der Waals surface area (Å²) in [5.41, 5.74) is 8.28. The molecule has 0 atom stereocenters. The van der Waals surface area contributed by atoms with Gasteiger partial charge in [-0.2, -0.15) is 0 Å². The summed E-state index contributed by atoms with van der Waals surface area (Å²) in [6.45, 7) is 3.95. The molecule has 7 nitrogen and oxygen atoms in total. The quantitative estimate of drug-likeness (QED) is 0.496. The van der Waals surface area contributed by atoms with Crippen LogP contribution >= 0.6 is 0 Å². The number of rotatable bonds is 7. The molecule has 0 spiro atoms. The highest BCUT2D eigenvalue weighted by Gasteiger charge is 2.08. The van der Waals surface area contributed by atoms with E-state index in [2.05, 4.69) is 16.2 Å². The molecule has 0 aromatic heterocycles. The Morgan fingerprint density at radius 3 is 2.24 bits per heavy atom. The van der Waals surface area contributed by atoms with Crippen LogP contribution < -0.4 is 20.9 Å². The van der Waals surface area contributed by atoms with Crippen LogP contribution in [0.25, 0.3) is 6.08 Å². The number of carbonyl (C=O) groups excluding carboxylic acids is 3. The molecule has 0 bridgehead atoms. The number of nitrogens with one attached hydrogen (secondary N) is 3. The number of amides is 3. The molecule has 0 aliphatic heterocycles. The number of aryl methyl sites for hydroxylation is 2. The smallest absolute Gasteiger partial charge is 0.262 e. The summed E-state index contributed by atoms with van der Waals surface area (Å²) >= 11 is 0. The summed E-state index contributed by atoms with van der Waals surface area (Å²) in [7, 11) is 1.58. The van der Waals surface area contributed by atoms with Gasteiger partial charge in [0, 0.05) is 24.6 Å². The van der Waals surface area contributed by atoms with Gasteiger partial charge in [0.05, 0.1) is 7.11 Å². The lowest BCUT2D eigenvalue weighted by Gasteiger charge is -2.08. The molecule has 0 aliphatic rings. The summed E-state index contributed by atoms with van der Waals surface area (Å²) in [4.78, 5) is 35.5. The van der Waals surface area contributed by atoms with Crippen LogP contribution in [-0.2, 0) is 14.4 Å². The molecule has 0 aliphatic carbocycles. The first-order chi connectivity index (χ1) is 13.9. The number of methoxy groups -OCH3 is 1. The Hall–Kier alpha value is -3.61. The van der Waals surface area contributed by atoms with Crippen molar-refractivity contribution < 1.29 is 19.1 Å². The number of hydrazine groups is 1. The number of hydrogen-bond acceptors (Lipinski definition) is 4. The first-order valence-electron chi connectivity index (χ1n) is 9.15. The fourth-order valence-corrected chi connectivity index (χ4v) is 2.39. The highest BCUT2D eigenvalue weighted by atomic mass is 16.5. The second kappa shape index (κ2) is 10.7. The van der Waals surface area contributed by atoms with Gasteiger partial charge < -0.3 is 10.1 Å². The molecule has 3 N–H and O–H groups in total. The summed E-state index contributed by atoms with van der Waals surface area (Å²) in [5.74, 6) is -0.477. The second-order valence-electron chi connectivity index (χ2n) is 6.49. The van der Waals surface area contributed by atoms with Crippen molar-refractivity contribution in [3.05, 3.63) is 65.2 Å². The van der Waals surface area contributed by atoms with Gasteiger partial charge in [0.25, 0.3) is 5.91 Å². The van der Waals surface area contributed by atoms with Crippen LogP contribution in [0.3, 0.4) is 0 Å². The third-order valence-corrected chi connectivity index (χ3v) is 4.24. The third kappa shape index (κ3) is 7.50. The molecule has 0 heterocycles. The largest absolute Gasteiger partial charge is 0.497 e. The highest BCUT2D eigenvalue weighted by molar-refractivity contribution is 5.95. The molecule has 0 radical (unpaired) electrons. The maximum absolute atomic E-state index is 12.0. The van der Waals surface area contributed by atoms with Crippen LogP contribution in [0, 0.1) is 13.8 Å². The van der Waals surface area contributed by atoms with Gasteiger partial charge in [-0.25, -0.2) is 0 Å². The van der Waals surface area contributed by atoms with Gasteiger partial charge in [0.2, 0.25) is 11.8 Å². The normalized spacial score (nSPS) is 10.4. The van der Waals surface area contributed by atoms with Crippen LogP contribution in [0.2, 0.25) is 0 Å². The van der Waals surface area contributed by atoms with Crippen molar-refractivity contribution in [1.82, 2.24) is 10.9 Å². The van der Waals surface area contributed by atoms with E-state index >= 15 is 0 Å². The van der Waals surface area contributed by atoms with Crippen molar-refractivity contribution in [3.8, 4) is 5.75 Å². The van der Waals surface area contributed by atoms with E-state index in [1.165, 1.54) is 6.08 Å². The molecule has 2 aromatic rings. The third-order valence-electron chi connectivity index (χ3n) is 4.24. The van der Waals surface area contributed by atoms with Crippen LogP contribution in [0.1, 0.15) is 29.5 Å². The number of carbonyl (C=O) groups is 3. The first-order valence-corrected chi connectivity index (χ1v) is 9.15. The topological polar surface area (TPSA) is 96.5 Å². The standard InChI is InChI=1S/C22H25N3O4/c1-15-4-8-18(14-16(15)2)23-20(26)12-13-22(28)25-24-21(27)11-7-17-5-9-19(29-3)10-6-17/h4-11,14H,12-13H2,1-3H3,(H,23,26)(H,24,27)(H,25,28)/b11-7+. The van der Waals surface area contributed by atoms with Crippen molar-refractivity contribution in [2.75, 3.05) is 12.4 Å². The Balaban J connectivity index is 1.70. The molecule has 0 saturated carbocycles. The number of hydrogen-bond donors (Lipinski definition) is 3. The molecule has 152 valence electrons. The fourth-order valence-electron chi connectivity index (χ4n) is 2.39. The Labute approximate surface area is 170 Å². The van der Waals surface area contributed by atoms with E-state index in [9.17, 15) is 14.4 Å². The Bertz CT molecular complexity index is 905. The average Bonchev–Trinajstić information content (AvgIpc) is 2.72. The molecule has 7 heteroatoms. The van der Waals surface area contributed by atoms with Crippen molar-refractivity contribution in [2.24, 2.45) is 0 Å². The second-order valence-corrected chi connectivity index (χ2v) is 6.49. The van der Waals surface area contributed by atoms with Crippen molar-refractivity contribution >= 4 is 29.5 Å². The zero-order valence-electron chi connectivity index (χ0n) is 16.7. The van der Waals surface area contributed by atoms with Crippen LogP contribution in [0.4, 0.5) is 5.69 Å². The van der Waals surface area contributed by atoms with Gasteiger partial charge in [0.1, 0.15) is 5.75 Å². The minimum absolute atomic E-state index is 0.0102. The number of benzene rings is 2. The SMILES string of the molecule is COc1ccc(/C=C/C(=O)NNC(=O)CCC(=O)Nc2ccc(C)c(C)c2)cc1. The van der Waals surface area contributed by atoms with Crippen LogP contribution in [0.5, 0.6) is 5.75 Å². The predicted molar refractivity (Wildman–Crippen MR) is 112 cm³/mol. The maximum atomic E-state index is 12.0. The van der Waals surface area contributed by atoms with Gasteiger partial charge in [-0.05, 0) is 60.9 Å². The van der Waals surface area contributed by atoms with Crippen LogP contribution in [-0.4, -0.2) is 24.8 Å². The lowest BCUT2D eigenvalue weighted by atomic mass is 10.1. The minimum Gasteiger partial charge on any atom is -0.497 e. The van der Waals surface area contributed by atoms with E-state index in [4.69, 9.17) is 4.74 Å². The van der Waals surface area contributed by atoms with E-state index in [-0.39, 0.29) is 18.7 Å². The molecule has 2 rings (SSSR count). The van der Waals surface area contributed by atoms with Crippen molar-refractivity contribution in [2.45, 2.75) is 26.7 Å². The van der Waals surface area contributed by atoms with E-state index in [0.29, 0.717) is 5.69 Å². The van der Waals surface area contributed by atoms with Gasteiger partial charge >= 0.3 is 0 Å². The molecular weight excluding hydrogens is 370 g/mol. The van der Waals surface area contributed by atoms with Gasteiger partial charge in [-0.1, -0.05) is 18.2 Å². The minimum atomic E-state index is -0.478. The Morgan fingerprint density at radius 1 is 0.897 bits per heavy atom. The van der Waals surface area contributed by atoms with Gasteiger partial charge in [-0.15, -0.1) is 0 Å². The summed E-state index contributed by atoms with van der Waals surface area (Å²) in [5, 5.41) is 2.75. The fraction of sp³-hybridized carbons (Fsp3) is 0.227. The van der Waals surface area contributed by atoms with Crippen molar-refractivity contribution in [3.63, 3.8) is 0 Å². The lowest BCUT2D eigenvalue weighted by Crippen LogP contribution is -2.41. The highest BCUT2D eigenvalue weighted by Crippen LogP contribution is 2.14. The predicted octanol–water partition coefficient (Wildman–Crippen LogP) is 2.89. The zero-order chi connectivity index (χ0) is 21.2. The molecule has 29 heavy (non-hydrogen) atoms. The molecule has 3 amide bonds. The first kappa shape index (κ1) is 21.7. The van der Waals surface area contributed by atoms with E-state index in [1.807, 2.05) is 32.0 Å². The van der Waals surface area contributed by atoms with Gasteiger partial charge in [0.15, 0.2) is 0 Å². The summed E-state index contributed by atoms with van der Waals surface area (Å²) in [6.07, 6.45) is 2.88. The van der Waals surface area contributed by atoms with E-state index in [1.54, 1.807) is 37.5 Å². The molecular formula is C22H25N3O4. The number of ether oxygens (including phenoxy) is 1. The lowest BCUT2D eigenvalue weighted by molar-refractivity contribution is -0.128. The monoisotopic (exact) mass is 395 g/mol. The molecule has 0 saturated heterocycles. The summed E-state index contributed by atoms with van der Waals surface area (Å²) in [6, 6.07) is 12.8.